The molecule has 4 rings (SSSR count). The third kappa shape index (κ3) is 3.91. The van der Waals surface area contributed by atoms with Crippen molar-refractivity contribution < 1.29 is 14.4 Å². The number of aromatic nitrogens is 1. The molecule has 3 amide bonds. The fourth-order valence-corrected chi connectivity index (χ4v) is 3.31. The second kappa shape index (κ2) is 8.06. The van der Waals surface area contributed by atoms with E-state index in [9.17, 15) is 14.4 Å². The Morgan fingerprint density at radius 3 is 2.10 bits per heavy atom. The van der Waals surface area contributed by atoms with Gasteiger partial charge in [0, 0.05) is 24.7 Å². The van der Waals surface area contributed by atoms with Crippen molar-refractivity contribution in [2.24, 2.45) is 0 Å². The van der Waals surface area contributed by atoms with Crippen LogP contribution in [0.15, 0.2) is 72.9 Å². The van der Waals surface area contributed by atoms with Crippen LogP contribution in [0.1, 0.15) is 33.6 Å². The zero-order valence-electron chi connectivity index (χ0n) is 15.7. The number of hydrogen-bond acceptors (Lipinski definition) is 4. The highest BCUT2D eigenvalue weighted by Gasteiger charge is 2.34. The van der Waals surface area contributed by atoms with Crippen LogP contribution in [0.2, 0.25) is 0 Å². The highest BCUT2D eigenvalue weighted by atomic mass is 16.2. The lowest BCUT2D eigenvalue weighted by Crippen LogP contribution is -2.31. The van der Waals surface area contributed by atoms with E-state index in [0.29, 0.717) is 23.4 Å². The number of anilines is 1. The van der Waals surface area contributed by atoms with Crippen molar-refractivity contribution in [3.05, 3.63) is 84.1 Å². The van der Waals surface area contributed by atoms with Crippen LogP contribution in [0.5, 0.6) is 0 Å². The molecule has 6 heteroatoms. The van der Waals surface area contributed by atoms with Crippen molar-refractivity contribution in [2.45, 2.75) is 12.8 Å². The molecule has 0 unspecified atom stereocenters. The molecule has 0 radical (unpaired) electrons. The molecule has 0 bridgehead atoms. The monoisotopic (exact) mass is 385 g/mol. The van der Waals surface area contributed by atoms with Crippen LogP contribution in [0.25, 0.3) is 11.1 Å². The zero-order chi connectivity index (χ0) is 20.2. The third-order valence-electron chi connectivity index (χ3n) is 4.80. The Hall–Kier alpha value is -3.80. The van der Waals surface area contributed by atoms with Crippen LogP contribution in [0, 0.1) is 0 Å². The Labute approximate surface area is 168 Å². The Morgan fingerprint density at radius 2 is 1.48 bits per heavy atom. The zero-order valence-corrected chi connectivity index (χ0v) is 15.7. The van der Waals surface area contributed by atoms with Gasteiger partial charge in [0.1, 0.15) is 5.82 Å². The van der Waals surface area contributed by atoms with Gasteiger partial charge in [-0.05, 0) is 36.2 Å². The first kappa shape index (κ1) is 18.6. The normalized spacial score (nSPS) is 12.8. The highest BCUT2D eigenvalue weighted by Crippen LogP contribution is 2.23. The number of rotatable bonds is 6. The van der Waals surface area contributed by atoms with Gasteiger partial charge in [-0.25, -0.2) is 4.98 Å². The largest absolute Gasteiger partial charge is 0.311 e. The second-order valence-electron chi connectivity index (χ2n) is 6.76. The molecule has 1 aromatic heterocycles. The molecule has 29 heavy (non-hydrogen) atoms. The lowest BCUT2D eigenvalue weighted by molar-refractivity contribution is -0.116. The van der Waals surface area contributed by atoms with E-state index in [1.807, 2.05) is 36.4 Å². The Bertz CT molecular complexity index is 1030. The number of carbonyl (C=O) groups excluding carboxylic acids is 3. The number of nitrogens with one attached hydrogen (secondary N) is 1. The van der Waals surface area contributed by atoms with Crippen LogP contribution < -0.4 is 5.32 Å². The molecule has 0 saturated heterocycles. The maximum atomic E-state index is 12.3. The van der Waals surface area contributed by atoms with Crippen LogP contribution in [0.3, 0.4) is 0 Å². The molecule has 0 atom stereocenters. The average molecular weight is 385 g/mol. The van der Waals surface area contributed by atoms with E-state index < -0.39 is 0 Å². The molecule has 1 N–H and O–H groups in total. The second-order valence-corrected chi connectivity index (χ2v) is 6.76. The highest BCUT2D eigenvalue weighted by molar-refractivity contribution is 6.21. The van der Waals surface area contributed by atoms with Crippen LogP contribution in [-0.2, 0) is 4.79 Å². The molecule has 3 aromatic rings. The SMILES string of the molecule is O=C(CCCN1C(=O)c2ccccc2C1=O)Nc1ccc(-c2ccccc2)cn1. The molecule has 0 fully saturated rings. The van der Waals surface area contributed by atoms with Crippen LogP contribution in [-0.4, -0.2) is 34.2 Å². The predicted molar refractivity (Wildman–Crippen MR) is 109 cm³/mol. The van der Waals surface area contributed by atoms with Gasteiger partial charge in [0.05, 0.1) is 11.1 Å². The van der Waals surface area contributed by atoms with Crippen molar-refractivity contribution in [1.29, 1.82) is 0 Å². The van der Waals surface area contributed by atoms with Gasteiger partial charge in [0.2, 0.25) is 5.91 Å². The minimum atomic E-state index is -0.302. The molecule has 0 saturated carbocycles. The summed E-state index contributed by atoms with van der Waals surface area (Å²) in [5.41, 5.74) is 2.86. The summed E-state index contributed by atoms with van der Waals surface area (Å²) in [7, 11) is 0. The number of amides is 3. The van der Waals surface area contributed by atoms with Crippen LogP contribution >= 0.6 is 0 Å². The number of hydrogen-bond donors (Lipinski definition) is 1. The number of pyridine rings is 1. The van der Waals surface area contributed by atoms with Gasteiger partial charge >= 0.3 is 0 Å². The Balaban J connectivity index is 1.29. The van der Waals surface area contributed by atoms with Crippen molar-refractivity contribution in [1.82, 2.24) is 9.88 Å². The molecule has 2 aromatic carbocycles. The lowest BCUT2D eigenvalue weighted by Gasteiger charge is -2.13. The van der Waals surface area contributed by atoms with Gasteiger partial charge in [-0.3, -0.25) is 19.3 Å². The number of benzene rings is 2. The van der Waals surface area contributed by atoms with Gasteiger partial charge in [-0.2, -0.15) is 0 Å². The summed E-state index contributed by atoms with van der Waals surface area (Å²) < 4.78 is 0. The van der Waals surface area contributed by atoms with Crippen LogP contribution in [0.4, 0.5) is 5.82 Å². The fourth-order valence-electron chi connectivity index (χ4n) is 3.31. The number of carbonyl (C=O) groups is 3. The first-order chi connectivity index (χ1) is 14.1. The summed E-state index contributed by atoms with van der Waals surface area (Å²) in [4.78, 5) is 42.3. The summed E-state index contributed by atoms with van der Waals surface area (Å²) >= 11 is 0. The van der Waals surface area contributed by atoms with Gasteiger partial charge < -0.3 is 5.32 Å². The van der Waals surface area contributed by atoms with Gasteiger partial charge in [0.15, 0.2) is 0 Å². The first-order valence-electron chi connectivity index (χ1n) is 9.40. The molecular weight excluding hydrogens is 366 g/mol. The van der Waals surface area contributed by atoms with Gasteiger partial charge in [-0.1, -0.05) is 42.5 Å². The quantitative estimate of drug-likeness (QED) is 0.655. The summed E-state index contributed by atoms with van der Waals surface area (Å²) in [6, 6.07) is 20.3. The topological polar surface area (TPSA) is 79.4 Å². The molecule has 144 valence electrons. The fraction of sp³-hybridized carbons (Fsp3) is 0.130. The maximum absolute atomic E-state index is 12.3. The summed E-state index contributed by atoms with van der Waals surface area (Å²) in [6.07, 6.45) is 2.29. The molecular formula is C23H19N3O3. The van der Waals surface area contributed by atoms with E-state index in [0.717, 1.165) is 11.1 Å². The van der Waals surface area contributed by atoms with Crippen molar-refractivity contribution in [3.8, 4) is 11.1 Å². The predicted octanol–water partition coefficient (Wildman–Crippen LogP) is 3.76. The van der Waals surface area contributed by atoms with Crippen molar-refractivity contribution >= 4 is 23.5 Å². The van der Waals surface area contributed by atoms with Crippen molar-refractivity contribution in [3.63, 3.8) is 0 Å². The summed E-state index contributed by atoms with van der Waals surface area (Å²) in [5.74, 6) is -0.342. The van der Waals surface area contributed by atoms with Gasteiger partial charge in [0.25, 0.3) is 11.8 Å². The van der Waals surface area contributed by atoms with E-state index in [1.165, 1.54) is 4.90 Å². The van der Waals surface area contributed by atoms with E-state index in [1.54, 1.807) is 36.5 Å². The molecule has 1 aliphatic rings. The summed E-state index contributed by atoms with van der Waals surface area (Å²) in [5, 5.41) is 2.75. The molecule has 2 heterocycles. The third-order valence-corrected chi connectivity index (χ3v) is 4.80. The number of fused-ring (bicyclic) bond motifs is 1. The molecule has 0 aliphatic carbocycles. The lowest BCUT2D eigenvalue weighted by atomic mass is 10.1. The number of nitrogens with zero attached hydrogens (tertiary/aromatic N) is 2. The minimum absolute atomic E-state index is 0.190. The maximum Gasteiger partial charge on any atom is 0.261 e. The standard InChI is InChI=1S/C23H19N3O3/c27-21(25-20-13-12-17(15-24-20)16-7-2-1-3-8-16)11-6-14-26-22(28)18-9-4-5-10-19(18)23(26)29/h1-5,7-10,12-13,15H,6,11,14H2,(H,24,25,27). The van der Waals surface area contributed by atoms with E-state index >= 15 is 0 Å². The van der Waals surface area contributed by atoms with Crippen molar-refractivity contribution in [2.75, 3.05) is 11.9 Å². The Kier molecular flexibility index (Phi) is 5.16. The first-order valence-corrected chi connectivity index (χ1v) is 9.40. The Morgan fingerprint density at radius 1 is 0.828 bits per heavy atom. The smallest absolute Gasteiger partial charge is 0.261 e. The average Bonchev–Trinajstić information content (AvgIpc) is 3.00. The minimum Gasteiger partial charge on any atom is -0.311 e. The molecule has 6 nitrogen and oxygen atoms in total. The van der Waals surface area contributed by atoms with Gasteiger partial charge in [-0.15, -0.1) is 0 Å². The summed E-state index contributed by atoms with van der Waals surface area (Å²) in [6.45, 7) is 0.208. The number of imide groups is 1. The van der Waals surface area contributed by atoms with E-state index in [-0.39, 0.29) is 30.7 Å². The molecule has 0 spiro atoms. The van der Waals surface area contributed by atoms with E-state index in [2.05, 4.69) is 10.3 Å². The van der Waals surface area contributed by atoms with E-state index in [4.69, 9.17) is 0 Å². The molecule has 1 aliphatic heterocycles.